The molecule has 16 heteroatoms. The fourth-order valence-electron chi connectivity index (χ4n) is 6.85. The molecule has 1 aliphatic heterocycles. The van der Waals surface area contributed by atoms with Gasteiger partial charge in [-0.15, -0.1) is 0 Å². The lowest BCUT2D eigenvalue weighted by Crippen LogP contribution is -2.42. The maximum absolute atomic E-state index is 13.9. The van der Waals surface area contributed by atoms with Gasteiger partial charge < -0.3 is 40.3 Å². The Kier molecular flexibility index (Phi) is 11.8. The smallest absolute Gasteiger partial charge is 0.407 e. The Hall–Kier alpha value is -7.36. The van der Waals surface area contributed by atoms with E-state index >= 15 is 0 Å². The van der Waals surface area contributed by atoms with Gasteiger partial charge in [0.05, 0.1) is 50.1 Å². The highest BCUT2D eigenvalue weighted by molar-refractivity contribution is 5.88. The van der Waals surface area contributed by atoms with Crippen LogP contribution < -0.4 is 16.0 Å². The number of likely N-dealkylation sites (tertiary alicyclic amines) is 1. The molecule has 6 aromatic rings. The average molecular weight is 783 g/mol. The Morgan fingerprint density at radius 2 is 1.24 bits per heavy atom. The number of aromatic nitrogens is 6. The summed E-state index contributed by atoms with van der Waals surface area (Å²) in [5, 5.41) is 8.18. The normalized spacial score (nSPS) is 15.2. The second kappa shape index (κ2) is 17.6. The summed E-state index contributed by atoms with van der Waals surface area (Å²) in [5.41, 5.74) is 5.13. The summed E-state index contributed by atoms with van der Waals surface area (Å²) in [5.74, 6) is 1.04. The zero-order valence-corrected chi connectivity index (χ0v) is 32.0. The number of carbonyl (C=O) groups excluding carboxylic acids is 4. The summed E-state index contributed by atoms with van der Waals surface area (Å²) in [6, 6.07) is 23.1. The maximum atomic E-state index is 13.9. The topological polar surface area (TPSA) is 209 Å². The third-order valence-corrected chi connectivity index (χ3v) is 9.90. The highest BCUT2D eigenvalue weighted by Crippen LogP contribution is 2.34. The van der Waals surface area contributed by atoms with Crippen LogP contribution in [0, 0.1) is 0 Å². The molecule has 0 radical (unpaired) electrons. The van der Waals surface area contributed by atoms with E-state index in [9.17, 15) is 19.2 Å². The third kappa shape index (κ3) is 8.70. The molecule has 0 saturated carbocycles. The van der Waals surface area contributed by atoms with E-state index in [1.807, 2.05) is 48.5 Å². The van der Waals surface area contributed by atoms with Crippen LogP contribution in [0.4, 0.5) is 9.59 Å². The van der Waals surface area contributed by atoms with Gasteiger partial charge in [0.15, 0.2) is 5.82 Å². The van der Waals surface area contributed by atoms with Crippen molar-refractivity contribution in [1.82, 2.24) is 50.8 Å². The number of nitrogens with zero attached hydrogens (tertiary/aromatic N) is 5. The first-order valence-electron chi connectivity index (χ1n) is 18.6. The van der Waals surface area contributed by atoms with E-state index in [-0.39, 0.29) is 11.9 Å². The zero-order valence-electron chi connectivity index (χ0n) is 32.0. The molecule has 16 nitrogen and oxygen atoms in total. The first-order chi connectivity index (χ1) is 28.2. The molecule has 4 atom stereocenters. The molecule has 3 aromatic heterocycles. The number of H-pyrrole nitrogens is 2. The largest absolute Gasteiger partial charge is 0.453 e. The standard InChI is InChI=1S/C42H42N10O6/c1-25(47-39(53)34(50-41(55)57-2)27-11-6-4-7-12-27)36-45-24-32(48-36)30-21-43-37(44-22-30)29-18-16-26(17-19-29)31-23-46-38(49-31)33-15-10-20-52(33)40(54)35(51-42(56)58-3)28-13-8-5-9-14-28/h4-9,11-14,16-19,21-25,33-35H,10,15,20H2,1-3H3,(H,45,48)(H,46,49)(H,47,53)(H,50,55)(H,51,56)/t25-,33-,34+,35?/m0/s1. The van der Waals surface area contributed by atoms with Crippen LogP contribution in [-0.2, 0) is 19.1 Å². The zero-order chi connectivity index (χ0) is 40.6. The molecule has 1 aliphatic rings. The van der Waals surface area contributed by atoms with Gasteiger partial charge in [0.2, 0.25) is 5.91 Å². The minimum absolute atomic E-state index is 0.234. The van der Waals surface area contributed by atoms with Crippen molar-refractivity contribution in [2.24, 2.45) is 0 Å². The number of methoxy groups -OCH3 is 2. The lowest BCUT2D eigenvalue weighted by Gasteiger charge is -2.28. The van der Waals surface area contributed by atoms with Crippen LogP contribution in [0.2, 0.25) is 0 Å². The average Bonchev–Trinajstić information content (AvgIpc) is 4.07. The van der Waals surface area contributed by atoms with Crippen LogP contribution in [0.15, 0.2) is 110 Å². The number of hydrogen-bond acceptors (Lipinski definition) is 10. The Labute approximate surface area is 333 Å². The van der Waals surface area contributed by atoms with E-state index < -0.39 is 36.2 Å². The highest BCUT2D eigenvalue weighted by atomic mass is 16.5. The Balaban J connectivity index is 0.990. The summed E-state index contributed by atoms with van der Waals surface area (Å²) in [6.45, 7) is 2.32. The van der Waals surface area contributed by atoms with Crippen LogP contribution in [0.1, 0.15) is 66.7 Å². The molecule has 0 aliphatic carbocycles. The van der Waals surface area contributed by atoms with E-state index in [0.717, 1.165) is 29.7 Å². The van der Waals surface area contributed by atoms with Crippen LogP contribution in [0.5, 0.6) is 0 Å². The summed E-state index contributed by atoms with van der Waals surface area (Å²) in [7, 11) is 2.51. The van der Waals surface area contributed by atoms with Crippen molar-refractivity contribution in [3.63, 3.8) is 0 Å². The molecule has 1 unspecified atom stereocenters. The molecular weight excluding hydrogens is 741 g/mol. The van der Waals surface area contributed by atoms with E-state index in [1.54, 1.807) is 73.0 Å². The number of nitrogens with one attached hydrogen (secondary N) is 5. The number of ether oxygens (including phenoxy) is 2. The first-order valence-corrected chi connectivity index (χ1v) is 18.6. The van der Waals surface area contributed by atoms with Crippen molar-refractivity contribution < 1.29 is 28.7 Å². The van der Waals surface area contributed by atoms with E-state index in [1.165, 1.54) is 14.2 Å². The van der Waals surface area contributed by atoms with Crippen LogP contribution in [-0.4, -0.2) is 79.6 Å². The van der Waals surface area contributed by atoms with Crippen molar-refractivity contribution in [1.29, 1.82) is 0 Å². The van der Waals surface area contributed by atoms with Crippen molar-refractivity contribution in [3.8, 4) is 33.9 Å². The van der Waals surface area contributed by atoms with Gasteiger partial charge in [0, 0.05) is 30.1 Å². The number of alkyl carbamates (subject to hydrolysis) is 2. The predicted molar refractivity (Wildman–Crippen MR) is 212 cm³/mol. The number of carbonyl (C=O) groups is 4. The van der Waals surface area contributed by atoms with Crippen molar-refractivity contribution in [2.45, 2.75) is 43.9 Å². The van der Waals surface area contributed by atoms with Gasteiger partial charge in [-0.2, -0.15) is 0 Å². The number of benzene rings is 3. The van der Waals surface area contributed by atoms with Gasteiger partial charge in [-0.1, -0.05) is 84.9 Å². The summed E-state index contributed by atoms with van der Waals surface area (Å²) < 4.78 is 9.53. The minimum Gasteiger partial charge on any atom is -0.453 e. The fourth-order valence-corrected chi connectivity index (χ4v) is 6.85. The Bertz CT molecular complexity index is 2350. The molecule has 1 saturated heterocycles. The first kappa shape index (κ1) is 38.9. The molecule has 0 spiro atoms. The Morgan fingerprint density at radius 3 is 1.88 bits per heavy atom. The van der Waals surface area contributed by atoms with E-state index in [2.05, 4.69) is 45.9 Å². The molecule has 7 rings (SSSR count). The molecule has 0 bridgehead atoms. The van der Waals surface area contributed by atoms with Crippen LogP contribution >= 0.6 is 0 Å². The van der Waals surface area contributed by atoms with Crippen molar-refractivity contribution in [2.75, 3.05) is 20.8 Å². The predicted octanol–water partition coefficient (Wildman–Crippen LogP) is 5.96. The molecule has 4 heterocycles. The van der Waals surface area contributed by atoms with Gasteiger partial charge in [-0.05, 0) is 36.5 Å². The molecule has 58 heavy (non-hydrogen) atoms. The number of hydrogen-bond donors (Lipinski definition) is 5. The maximum Gasteiger partial charge on any atom is 0.407 e. The molecule has 1 fully saturated rings. The van der Waals surface area contributed by atoms with Crippen molar-refractivity contribution >= 4 is 24.0 Å². The SMILES string of the molecule is COC(=O)NC(C(=O)N1CCC[C@H]1c1ncc(-c2ccc(-c3ncc(-c4cnc([C@H](C)NC(=O)[C@H](NC(=O)OC)c5ccccc5)[nH]4)cn3)cc2)[nH]1)c1ccccc1. The van der Waals surface area contributed by atoms with Gasteiger partial charge in [0.1, 0.15) is 23.7 Å². The molecule has 3 aromatic carbocycles. The number of aromatic amines is 2. The number of amides is 4. The lowest BCUT2D eigenvalue weighted by molar-refractivity contribution is -0.134. The second-order valence-electron chi connectivity index (χ2n) is 13.6. The Morgan fingerprint density at radius 1 is 0.672 bits per heavy atom. The second-order valence-corrected chi connectivity index (χ2v) is 13.6. The van der Waals surface area contributed by atoms with Crippen molar-refractivity contribution in [3.05, 3.63) is 132 Å². The van der Waals surface area contributed by atoms with Crippen LogP contribution in [0.3, 0.4) is 0 Å². The fraction of sp³-hybridized carbons (Fsp3) is 0.238. The summed E-state index contributed by atoms with van der Waals surface area (Å²) in [4.78, 5) is 78.0. The van der Waals surface area contributed by atoms with E-state index in [0.29, 0.717) is 46.4 Å². The van der Waals surface area contributed by atoms with Gasteiger partial charge in [-0.25, -0.2) is 29.5 Å². The van der Waals surface area contributed by atoms with Gasteiger partial charge in [-0.3, -0.25) is 9.59 Å². The molecule has 296 valence electrons. The number of imidazole rings is 2. The van der Waals surface area contributed by atoms with Crippen LogP contribution in [0.25, 0.3) is 33.9 Å². The minimum atomic E-state index is -0.963. The number of rotatable bonds is 12. The monoisotopic (exact) mass is 782 g/mol. The molecule has 4 amide bonds. The highest BCUT2D eigenvalue weighted by Gasteiger charge is 2.37. The molecular formula is C42H42N10O6. The van der Waals surface area contributed by atoms with E-state index in [4.69, 9.17) is 9.47 Å². The lowest BCUT2D eigenvalue weighted by atomic mass is 10.1. The summed E-state index contributed by atoms with van der Waals surface area (Å²) in [6.07, 6.45) is 6.91. The van der Waals surface area contributed by atoms with Gasteiger partial charge >= 0.3 is 12.2 Å². The molecule has 5 N–H and O–H groups in total. The summed E-state index contributed by atoms with van der Waals surface area (Å²) >= 11 is 0. The van der Waals surface area contributed by atoms with Gasteiger partial charge in [0.25, 0.3) is 5.91 Å². The third-order valence-electron chi connectivity index (χ3n) is 9.90. The quantitative estimate of drug-likeness (QED) is 0.0984.